The van der Waals surface area contributed by atoms with Crippen molar-refractivity contribution in [1.29, 1.82) is 0 Å². The molecule has 0 aromatic rings. The van der Waals surface area contributed by atoms with Gasteiger partial charge in [-0.15, -0.1) is 0 Å². The smallest absolute Gasteiger partial charge is 0.234 e. The van der Waals surface area contributed by atoms with Crippen LogP contribution in [0.1, 0.15) is 20.3 Å². The van der Waals surface area contributed by atoms with Crippen molar-refractivity contribution in [2.45, 2.75) is 26.3 Å². The van der Waals surface area contributed by atoms with Gasteiger partial charge in [-0.25, -0.2) is 0 Å². The minimum absolute atomic E-state index is 0.434. The lowest BCUT2D eigenvalue weighted by atomic mass is 10.2. The van der Waals surface area contributed by atoms with Crippen LogP contribution in [0.5, 0.6) is 0 Å². The summed E-state index contributed by atoms with van der Waals surface area (Å²) in [5.74, 6) is -0.434. The molecular weight excluding hydrogens is 194 g/mol. The Bertz CT molecular complexity index is 176. The van der Waals surface area contributed by atoms with Crippen LogP contribution in [0.3, 0.4) is 0 Å². The molecule has 0 aromatic carbocycles. The molecule has 0 aliphatic carbocycles. The molecule has 0 radical (unpaired) electrons. The fourth-order valence-corrected chi connectivity index (χ4v) is 1.23. The van der Waals surface area contributed by atoms with Crippen LogP contribution < -0.4 is 11.5 Å². The highest BCUT2D eigenvalue weighted by atomic mass is 16.5. The molecule has 0 aliphatic rings. The predicted molar refractivity (Wildman–Crippen MR) is 60.4 cm³/mol. The number of nitrogens with zero attached hydrogens (tertiary/aromatic N) is 1. The van der Waals surface area contributed by atoms with Crippen molar-refractivity contribution in [3.63, 3.8) is 0 Å². The molecule has 15 heavy (non-hydrogen) atoms. The largest absolute Gasteiger partial charge is 0.380 e. The molecule has 5 heteroatoms. The van der Waals surface area contributed by atoms with Crippen LogP contribution in [0.15, 0.2) is 0 Å². The standard InChI is InChI=1S/C10H23N3O2/c1-3-13(7-8-15-4-2)6-5-9(11)10(12)14/h9H,3-8,11H2,1-2H3,(H2,12,14). The molecular formula is C10H23N3O2. The van der Waals surface area contributed by atoms with E-state index in [0.29, 0.717) is 6.42 Å². The Balaban J connectivity index is 3.65. The van der Waals surface area contributed by atoms with E-state index in [4.69, 9.17) is 16.2 Å². The van der Waals surface area contributed by atoms with Crippen molar-refractivity contribution in [2.24, 2.45) is 11.5 Å². The molecule has 0 saturated carbocycles. The van der Waals surface area contributed by atoms with Crippen LogP contribution in [0.4, 0.5) is 0 Å². The van der Waals surface area contributed by atoms with Gasteiger partial charge in [0.2, 0.25) is 5.91 Å². The Kier molecular flexibility index (Phi) is 8.27. The minimum Gasteiger partial charge on any atom is -0.380 e. The van der Waals surface area contributed by atoms with Gasteiger partial charge in [0.05, 0.1) is 12.6 Å². The summed E-state index contributed by atoms with van der Waals surface area (Å²) in [6.45, 7) is 8.08. The lowest BCUT2D eigenvalue weighted by Gasteiger charge is -2.21. The lowest BCUT2D eigenvalue weighted by Crippen LogP contribution is -2.40. The molecule has 0 rings (SSSR count). The average Bonchev–Trinajstić information content (AvgIpc) is 2.22. The van der Waals surface area contributed by atoms with E-state index in [2.05, 4.69) is 11.8 Å². The average molecular weight is 217 g/mol. The molecule has 1 amide bonds. The van der Waals surface area contributed by atoms with Gasteiger partial charge in [0.25, 0.3) is 0 Å². The topological polar surface area (TPSA) is 81.6 Å². The van der Waals surface area contributed by atoms with Gasteiger partial charge in [-0.2, -0.15) is 0 Å². The molecule has 0 fully saturated rings. The molecule has 1 atom stereocenters. The van der Waals surface area contributed by atoms with Crippen molar-refractivity contribution in [3.8, 4) is 0 Å². The van der Waals surface area contributed by atoms with Crippen LogP contribution in [-0.4, -0.2) is 49.7 Å². The highest BCUT2D eigenvalue weighted by Gasteiger charge is 2.10. The van der Waals surface area contributed by atoms with Gasteiger partial charge in [-0.05, 0) is 19.9 Å². The maximum atomic E-state index is 10.7. The van der Waals surface area contributed by atoms with Crippen LogP contribution in [0, 0.1) is 0 Å². The third-order valence-corrected chi connectivity index (χ3v) is 2.32. The second-order valence-corrected chi connectivity index (χ2v) is 3.43. The second kappa shape index (κ2) is 8.64. The van der Waals surface area contributed by atoms with E-state index >= 15 is 0 Å². The first-order valence-corrected chi connectivity index (χ1v) is 5.46. The summed E-state index contributed by atoms with van der Waals surface area (Å²) in [5.41, 5.74) is 10.6. The molecule has 90 valence electrons. The zero-order chi connectivity index (χ0) is 11.7. The van der Waals surface area contributed by atoms with Gasteiger partial charge in [0.1, 0.15) is 0 Å². The maximum absolute atomic E-state index is 10.7. The fourth-order valence-electron chi connectivity index (χ4n) is 1.23. The number of likely N-dealkylation sites (N-methyl/N-ethyl adjacent to an activating group) is 1. The zero-order valence-corrected chi connectivity index (χ0v) is 9.74. The summed E-state index contributed by atoms with van der Waals surface area (Å²) in [6.07, 6.45) is 0.606. The van der Waals surface area contributed by atoms with E-state index in [-0.39, 0.29) is 0 Å². The number of hydrogen-bond donors (Lipinski definition) is 2. The number of carbonyl (C=O) groups is 1. The number of amides is 1. The predicted octanol–water partition coefficient (Wildman–Crippen LogP) is -0.452. The molecule has 0 aliphatic heterocycles. The number of nitrogens with two attached hydrogens (primary N) is 2. The summed E-state index contributed by atoms with van der Waals surface area (Å²) < 4.78 is 5.26. The fraction of sp³-hybridized carbons (Fsp3) is 0.900. The van der Waals surface area contributed by atoms with E-state index in [9.17, 15) is 4.79 Å². The first-order valence-electron chi connectivity index (χ1n) is 5.46. The monoisotopic (exact) mass is 217 g/mol. The SMILES string of the molecule is CCOCCN(CC)CCC(N)C(N)=O. The summed E-state index contributed by atoms with van der Waals surface area (Å²) in [7, 11) is 0. The van der Waals surface area contributed by atoms with Crippen LogP contribution >= 0.6 is 0 Å². The third-order valence-electron chi connectivity index (χ3n) is 2.32. The van der Waals surface area contributed by atoms with E-state index in [1.807, 2.05) is 6.92 Å². The molecule has 1 unspecified atom stereocenters. The van der Waals surface area contributed by atoms with E-state index < -0.39 is 11.9 Å². The van der Waals surface area contributed by atoms with Crippen molar-refractivity contribution < 1.29 is 9.53 Å². The Morgan fingerprint density at radius 2 is 2.07 bits per heavy atom. The van der Waals surface area contributed by atoms with Crippen LogP contribution in [0.25, 0.3) is 0 Å². The molecule has 0 spiro atoms. The normalized spacial score (nSPS) is 13.1. The number of hydrogen-bond acceptors (Lipinski definition) is 4. The van der Waals surface area contributed by atoms with Crippen molar-refractivity contribution in [2.75, 3.05) is 32.8 Å². The summed E-state index contributed by atoms with van der Waals surface area (Å²) in [5, 5.41) is 0. The van der Waals surface area contributed by atoms with Gasteiger partial charge in [0.15, 0.2) is 0 Å². The van der Waals surface area contributed by atoms with Crippen molar-refractivity contribution in [3.05, 3.63) is 0 Å². The highest BCUT2D eigenvalue weighted by Crippen LogP contribution is 1.94. The molecule has 0 bridgehead atoms. The van der Waals surface area contributed by atoms with Gasteiger partial charge in [-0.1, -0.05) is 6.92 Å². The number of carbonyl (C=O) groups excluding carboxylic acids is 1. The minimum atomic E-state index is -0.536. The van der Waals surface area contributed by atoms with Crippen LogP contribution in [0.2, 0.25) is 0 Å². The maximum Gasteiger partial charge on any atom is 0.234 e. The Morgan fingerprint density at radius 3 is 2.53 bits per heavy atom. The zero-order valence-electron chi connectivity index (χ0n) is 9.74. The molecule has 0 aromatic heterocycles. The van der Waals surface area contributed by atoms with Gasteiger partial charge >= 0.3 is 0 Å². The van der Waals surface area contributed by atoms with Crippen molar-refractivity contribution >= 4 is 5.91 Å². The molecule has 5 nitrogen and oxygen atoms in total. The van der Waals surface area contributed by atoms with Gasteiger partial charge in [-0.3, -0.25) is 4.79 Å². The van der Waals surface area contributed by atoms with E-state index in [1.165, 1.54) is 0 Å². The Labute approximate surface area is 91.7 Å². The Hall–Kier alpha value is -0.650. The molecule has 4 N–H and O–H groups in total. The lowest BCUT2D eigenvalue weighted by molar-refractivity contribution is -0.119. The number of rotatable bonds is 9. The van der Waals surface area contributed by atoms with Gasteiger partial charge < -0.3 is 21.1 Å². The quantitative estimate of drug-likeness (QED) is 0.512. The van der Waals surface area contributed by atoms with E-state index in [1.54, 1.807) is 0 Å². The second-order valence-electron chi connectivity index (χ2n) is 3.43. The van der Waals surface area contributed by atoms with Crippen LogP contribution in [-0.2, 0) is 9.53 Å². The first kappa shape index (κ1) is 14.3. The van der Waals surface area contributed by atoms with Gasteiger partial charge in [0, 0.05) is 19.7 Å². The highest BCUT2D eigenvalue weighted by molar-refractivity contribution is 5.79. The summed E-state index contributed by atoms with van der Waals surface area (Å²) in [6, 6.07) is -0.536. The molecule has 0 heterocycles. The third kappa shape index (κ3) is 7.30. The summed E-state index contributed by atoms with van der Waals surface area (Å²) >= 11 is 0. The van der Waals surface area contributed by atoms with E-state index in [0.717, 1.165) is 32.8 Å². The Morgan fingerprint density at radius 1 is 1.40 bits per heavy atom. The first-order chi connectivity index (χ1) is 7.11. The molecule has 0 saturated heterocycles. The number of ether oxygens (including phenoxy) is 1. The van der Waals surface area contributed by atoms with Crippen molar-refractivity contribution in [1.82, 2.24) is 4.90 Å². The number of primary amides is 1. The summed E-state index contributed by atoms with van der Waals surface area (Å²) in [4.78, 5) is 12.9.